The summed E-state index contributed by atoms with van der Waals surface area (Å²) >= 11 is 8.02. The van der Waals surface area contributed by atoms with Gasteiger partial charge in [0.05, 0.1) is 41.1 Å². The van der Waals surface area contributed by atoms with Gasteiger partial charge in [-0.1, -0.05) is 29.5 Å². The fourth-order valence-electron chi connectivity index (χ4n) is 4.57. The smallest absolute Gasteiger partial charge is 0.308 e. The van der Waals surface area contributed by atoms with Crippen LogP contribution in [0.15, 0.2) is 41.9 Å². The van der Waals surface area contributed by atoms with Crippen LogP contribution in [0.5, 0.6) is 5.75 Å². The van der Waals surface area contributed by atoms with E-state index in [2.05, 4.69) is 21.7 Å². The molecular formula is C26H27ClN2O4S. The van der Waals surface area contributed by atoms with Crippen molar-refractivity contribution in [3.63, 3.8) is 0 Å². The number of carboxylic acid groups (broad SMARTS) is 1. The third-order valence-corrected chi connectivity index (χ3v) is 7.49. The number of pyridine rings is 1. The van der Waals surface area contributed by atoms with Crippen molar-refractivity contribution in [3.05, 3.63) is 57.4 Å². The summed E-state index contributed by atoms with van der Waals surface area (Å²) in [4.78, 5) is 19.5. The number of likely N-dealkylation sites (tertiary alicyclic amines) is 1. The summed E-state index contributed by atoms with van der Waals surface area (Å²) in [6.07, 6.45) is 2.49. The Hall–Kier alpha value is -2.63. The molecule has 0 bridgehead atoms. The SMILES string of the molecule is COc1ccc2ncc(Cl)c(C(O)CCC3CCN(CC#Cc4cccs4)CC3C(=O)O)c2c1. The second-order valence-electron chi connectivity index (χ2n) is 8.50. The second kappa shape index (κ2) is 11.2. The van der Waals surface area contributed by atoms with Crippen LogP contribution >= 0.6 is 22.9 Å². The Labute approximate surface area is 208 Å². The van der Waals surface area contributed by atoms with Crippen molar-refractivity contribution in [1.82, 2.24) is 9.88 Å². The fraction of sp³-hybridized carbons (Fsp3) is 0.385. The molecule has 8 heteroatoms. The molecule has 4 rings (SSSR count). The van der Waals surface area contributed by atoms with E-state index in [0.29, 0.717) is 42.3 Å². The third kappa shape index (κ3) is 5.70. The normalized spacial score (nSPS) is 19.4. The maximum atomic E-state index is 12.0. The van der Waals surface area contributed by atoms with Crippen molar-refractivity contribution in [1.29, 1.82) is 0 Å². The first-order valence-corrected chi connectivity index (χ1v) is 12.5. The number of aromatic nitrogens is 1. The number of halogens is 1. The number of hydrogen-bond acceptors (Lipinski definition) is 6. The summed E-state index contributed by atoms with van der Waals surface area (Å²) in [5.74, 6) is 5.64. The van der Waals surface area contributed by atoms with E-state index in [1.165, 1.54) is 0 Å². The van der Waals surface area contributed by atoms with Crippen molar-refractivity contribution in [2.24, 2.45) is 11.8 Å². The van der Waals surface area contributed by atoms with Crippen LogP contribution in [-0.2, 0) is 4.79 Å². The molecule has 1 saturated heterocycles. The van der Waals surface area contributed by atoms with Crippen LogP contribution in [0.2, 0.25) is 5.02 Å². The minimum absolute atomic E-state index is 0.0185. The van der Waals surface area contributed by atoms with Gasteiger partial charge < -0.3 is 14.9 Å². The molecule has 1 fully saturated rings. The molecule has 3 aromatic rings. The Bertz CT molecular complexity index is 1200. The maximum absolute atomic E-state index is 12.0. The van der Waals surface area contributed by atoms with Gasteiger partial charge in [0, 0.05) is 23.7 Å². The number of nitrogens with zero attached hydrogens (tertiary/aromatic N) is 2. The first-order valence-electron chi connectivity index (χ1n) is 11.2. The standard InChI is InChI=1S/C26H27ClN2O4S/c1-33-18-7-8-23-20(14-18)25(22(27)15-28-23)24(30)9-6-17-10-12-29(16-21(17)26(31)32)11-2-4-19-5-3-13-34-19/h3,5,7-8,13-15,17,21,24,30H,6,9-12,16H2,1H3,(H,31,32). The summed E-state index contributed by atoms with van der Waals surface area (Å²) in [7, 11) is 1.58. The molecule has 1 aliphatic rings. The average Bonchev–Trinajstić information content (AvgIpc) is 3.36. The van der Waals surface area contributed by atoms with Gasteiger partial charge in [0.2, 0.25) is 0 Å². The zero-order valence-corrected chi connectivity index (χ0v) is 20.5. The number of piperidine rings is 1. The molecule has 0 amide bonds. The topological polar surface area (TPSA) is 82.9 Å². The average molecular weight is 499 g/mol. The first kappa shape index (κ1) is 24.5. The van der Waals surface area contributed by atoms with Gasteiger partial charge >= 0.3 is 5.97 Å². The monoisotopic (exact) mass is 498 g/mol. The van der Waals surface area contributed by atoms with Crippen LogP contribution < -0.4 is 4.74 Å². The van der Waals surface area contributed by atoms with Crippen LogP contribution in [0, 0.1) is 23.7 Å². The largest absolute Gasteiger partial charge is 0.497 e. The lowest BCUT2D eigenvalue weighted by molar-refractivity contribution is -0.146. The lowest BCUT2D eigenvalue weighted by atomic mass is 9.81. The number of carboxylic acids is 1. The summed E-state index contributed by atoms with van der Waals surface area (Å²) in [6.45, 7) is 1.81. The summed E-state index contributed by atoms with van der Waals surface area (Å²) in [6, 6.07) is 9.41. The van der Waals surface area contributed by atoms with E-state index in [-0.39, 0.29) is 5.92 Å². The molecule has 3 heterocycles. The van der Waals surface area contributed by atoms with Crippen molar-refractivity contribution in [2.75, 3.05) is 26.7 Å². The second-order valence-corrected chi connectivity index (χ2v) is 9.86. The van der Waals surface area contributed by atoms with Gasteiger partial charge in [-0.2, -0.15) is 0 Å². The number of methoxy groups -OCH3 is 1. The molecule has 2 aromatic heterocycles. The quantitative estimate of drug-likeness (QED) is 0.453. The van der Waals surface area contributed by atoms with Crippen LogP contribution in [0.3, 0.4) is 0 Å². The predicted octanol–water partition coefficient (Wildman–Crippen LogP) is 4.85. The van der Waals surface area contributed by atoms with Crippen LogP contribution in [0.1, 0.15) is 35.8 Å². The molecule has 178 valence electrons. The molecule has 0 radical (unpaired) electrons. The number of fused-ring (bicyclic) bond motifs is 1. The van der Waals surface area contributed by atoms with E-state index >= 15 is 0 Å². The highest BCUT2D eigenvalue weighted by Gasteiger charge is 2.34. The molecule has 3 atom stereocenters. The van der Waals surface area contributed by atoms with Crippen molar-refractivity contribution in [2.45, 2.75) is 25.4 Å². The van der Waals surface area contributed by atoms with E-state index in [9.17, 15) is 15.0 Å². The zero-order chi connectivity index (χ0) is 24.1. The van der Waals surface area contributed by atoms with Gasteiger partial charge in [0.15, 0.2) is 0 Å². The van der Waals surface area contributed by atoms with Gasteiger partial charge in [0.25, 0.3) is 0 Å². The minimum atomic E-state index is -0.825. The number of aliphatic hydroxyl groups excluding tert-OH is 1. The summed E-state index contributed by atoms with van der Waals surface area (Å²) in [5.41, 5.74) is 1.33. The van der Waals surface area contributed by atoms with Gasteiger partial charge in [-0.15, -0.1) is 11.3 Å². The van der Waals surface area contributed by atoms with Crippen LogP contribution in [0.4, 0.5) is 0 Å². The third-order valence-electron chi connectivity index (χ3n) is 6.40. The van der Waals surface area contributed by atoms with Gasteiger partial charge in [-0.3, -0.25) is 14.7 Å². The molecule has 6 nitrogen and oxygen atoms in total. The number of hydrogen-bond donors (Lipinski definition) is 2. The summed E-state index contributed by atoms with van der Waals surface area (Å²) < 4.78 is 5.32. The van der Waals surface area contributed by atoms with Gasteiger partial charge in [-0.25, -0.2) is 0 Å². The maximum Gasteiger partial charge on any atom is 0.308 e. The summed E-state index contributed by atoms with van der Waals surface area (Å²) in [5, 5.41) is 24.0. The van der Waals surface area contributed by atoms with E-state index in [1.54, 1.807) is 24.6 Å². The number of ether oxygens (including phenoxy) is 1. The Balaban J connectivity index is 1.42. The Morgan fingerprint density at radius 2 is 2.26 bits per heavy atom. The highest BCUT2D eigenvalue weighted by Crippen LogP contribution is 2.36. The van der Waals surface area contributed by atoms with Crippen molar-refractivity contribution >= 4 is 39.8 Å². The molecular weight excluding hydrogens is 472 g/mol. The van der Waals surface area contributed by atoms with Crippen molar-refractivity contribution < 1.29 is 19.7 Å². The molecule has 2 N–H and O–H groups in total. The first-order chi connectivity index (χ1) is 16.5. The van der Waals surface area contributed by atoms with E-state index in [0.717, 1.165) is 28.7 Å². The molecule has 3 unspecified atom stereocenters. The van der Waals surface area contributed by atoms with Gasteiger partial charge in [-0.05, 0) is 61.4 Å². The number of thiophene rings is 1. The molecule has 0 spiro atoms. The molecule has 34 heavy (non-hydrogen) atoms. The lowest BCUT2D eigenvalue weighted by Gasteiger charge is -2.36. The van der Waals surface area contributed by atoms with E-state index < -0.39 is 18.0 Å². The van der Waals surface area contributed by atoms with Gasteiger partial charge in [0.1, 0.15) is 5.75 Å². The highest BCUT2D eigenvalue weighted by atomic mass is 35.5. The van der Waals surface area contributed by atoms with Crippen LogP contribution in [-0.4, -0.2) is 52.8 Å². The van der Waals surface area contributed by atoms with E-state index in [4.69, 9.17) is 16.3 Å². The Morgan fingerprint density at radius 3 is 3.00 bits per heavy atom. The number of rotatable bonds is 7. The predicted molar refractivity (Wildman–Crippen MR) is 134 cm³/mol. The molecule has 1 aromatic carbocycles. The fourth-order valence-corrected chi connectivity index (χ4v) is 5.44. The molecule has 0 saturated carbocycles. The number of aliphatic carboxylic acids is 1. The van der Waals surface area contributed by atoms with Crippen molar-refractivity contribution in [3.8, 4) is 17.6 Å². The highest BCUT2D eigenvalue weighted by molar-refractivity contribution is 7.10. The zero-order valence-electron chi connectivity index (χ0n) is 18.9. The number of carbonyl (C=O) groups is 1. The minimum Gasteiger partial charge on any atom is -0.497 e. The number of aliphatic hydroxyl groups is 1. The lowest BCUT2D eigenvalue weighted by Crippen LogP contribution is -2.44. The Kier molecular flexibility index (Phi) is 8.07. The molecule has 0 aliphatic carbocycles. The number of benzene rings is 1. The van der Waals surface area contributed by atoms with Crippen LogP contribution in [0.25, 0.3) is 10.9 Å². The van der Waals surface area contributed by atoms with E-state index in [1.807, 2.05) is 35.7 Å². The molecule has 1 aliphatic heterocycles. The Morgan fingerprint density at radius 1 is 1.41 bits per heavy atom.